The number of cyclic esters (lactones) is 1. The fourth-order valence-corrected chi connectivity index (χ4v) is 4.25. The van der Waals surface area contributed by atoms with E-state index in [1.54, 1.807) is 12.1 Å². The van der Waals surface area contributed by atoms with Gasteiger partial charge >= 0.3 is 5.97 Å². The van der Waals surface area contributed by atoms with Gasteiger partial charge in [-0.05, 0) is 36.6 Å². The van der Waals surface area contributed by atoms with Gasteiger partial charge < -0.3 is 14.8 Å². The molecule has 0 bridgehead atoms. The highest BCUT2D eigenvalue weighted by Crippen LogP contribution is 2.36. The molecule has 0 aromatic heterocycles. The third kappa shape index (κ3) is 3.64. The van der Waals surface area contributed by atoms with Gasteiger partial charge in [-0.15, -0.1) is 0 Å². The van der Waals surface area contributed by atoms with E-state index in [0.29, 0.717) is 31.6 Å². The molecule has 0 unspecified atom stereocenters. The predicted octanol–water partition coefficient (Wildman–Crippen LogP) is 3.87. The minimum Gasteiger partial charge on any atom is -0.453 e. The highest BCUT2D eigenvalue weighted by molar-refractivity contribution is 9.10. The zero-order valence-corrected chi connectivity index (χ0v) is 16.3. The fraction of sp³-hybridized carbons (Fsp3) is 0.333. The zero-order chi connectivity index (χ0) is 18.9. The maximum atomic E-state index is 12.9. The predicted molar refractivity (Wildman–Crippen MR) is 103 cm³/mol. The van der Waals surface area contributed by atoms with E-state index in [9.17, 15) is 9.59 Å². The second kappa shape index (κ2) is 7.44. The molecule has 4 rings (SSSR count). The van der Waals surface area contributed by atoms with Crippen LogP contribution >= 0.6 is 15.9 Å². The number of rotatable bonds is 4. The molecule has 0 saturated carbocycles. The van der Waals surface area contributed by atoms with Gasteiger partial charge in [-0.25, -0.2) is 4.79 Å². The van der Waals surface area contributed by atoms with Crippen LogP contribution in [0, 0.1) is 0 Å². The number of benzene rings is 2. The Bertz CT molecular complexity index is 876. The van der Waals surface area contributed by atoms with E-state index in [1.165, 1.54) is 0 Å². The van der Waals surface area contributed by atoms with Gasteiger partial charge in [-0.1, -0.05) is 46.3 Å². The van der Waals surface area contributed by atoms with Crippen LogP contribution in [0.4, 0.5) is 0 Å². The molecule has 27 heavy (non-hydrogen) atoms. The summed E-state index contributed by atoms with van der Waals surface area (Å²) in [5.41, 5.74) is 1.91. The molecule has 0 radical (unpaired) electrons. The average molecular weight is 430 g/mol. The molecule has 2 aromatic carbocycles. The largest absolute Gasteiger partial charge is 0.453 e. The molecule has 1 atom stereocenters. The van der Waals surface area contributed by atoms with Crippen LogP contribution in [0.1, 0.15) is 46.9 Å². The summed E-state index contributed by atoms with van der Waals surface area (Å²) in [6, 6.07) is 15.2. The number of carbonyl (C=O) groups is 2. The summed E-state index contributed by atoms with van der Waals surface area (Å²) in [5.74, 6) is -0.498. The monoisotopic (exact) mass is 429 g/mol. The molecule has 2 aliphatic heterocycles. The quantitative estimate of drug-likeness (QED) is 0.749. The molecular weight excluding hydrogens is 410 g/mol. The zero-order valence-electron chi connectivity index (χ0n) is 14.7. The number of esters is 1. The molecule has 2 heterocycles. The Kier molecular flexibility index (Phi) is 5.02. The Morgan fingerprint density at radius 3 is 2.70 bits per heavy atom. The molecule has 1 N–H and O–H groups in total. The van der Waals surface area contributed by atoms with Crippen LogP contribution in [-0.4, -0.2) is 25.1 Å². The second-order valence-corrected chi connectivity index (χ2v) is 7.85. The number of carbonyl (C=O) groups excluding carboxylic acids is 2. The first-order chi connectivity index (χ1) is 13.1. The summed E-state index contributed by atoms with van der Waals surface area (Å²) in [6.45, 7) is 1.18. The number of nitrogens with one attached hydrogen (secondary N) is 1. The minimum atomic E-state index is -0.534. The van der Waals surface area contributed by atoms with Crippen molar-refractivity contribution >= 4 is 27.8 Å². The maximum Gasteiger partial charge on any atom is 0.339 e. The van der Waals surface area contributed by atoms with Crippen LogP contribution in [-0.2, 0) is 19.8 Å². The lowest BCUT2D eigenvalue weighted by Gasteiger charge is -2.39. The summed E-state index contributed by atoms with van der Waals surface area (Å²) in [5, 5.41) is 3.22. The minimum absolute atomic E-state index is 0.110. The SMILES string of the molecule is O=C(C[C@@H]1OC(=O)c2ccccc21)NC1(c2cccc(Br)c2)CCOCC1. The molecule has 5 nitrogen and oxygen atoms in total. The molecular formula is C21H20BrNO4. The Morgan fingerprint density at radius 2 is 1.93 bits per heavy atom. The van der Waals surface area contributed by atoms with Crippen LogP contribution in [0.3, 0.4) is 0 Å². The van der Waals surface area contributed by atoms with Crippen molar-refractivity contribution in [2.75, 3.05) is 13.2 Å². The van der Waals surface area contributed by atoms with Crippen molar-refractivity contribution in [3.05, 3.63) is 69.7 Å². The second-order valence-electron chi connectivity index (χ2n) is 6.94. The Hall–Kier alpha value is -2.18. The van der Waals surface area contributed by atoms with E-state index >= 15 is 0 Å². The van der Waals surface area contributed by atoms with Crippen LogP contribution in [0.25, 0.3) is 0 Å². The Morgan fingerprint density at radius 1 is 1.15 bits per heavy atom. The number of amides is 1. The standard InChI is InChI=1S/C21H20BrNO4/c22-15-5-3-4-14(12-15)21(8-10-26-11-9-21)23-19(24)13-18-16-6-1-2-7-17(16)20(25)27-18/h1-7,12,18H,8-11,13H2,(H,23,24)/t18-/m0/s1. The highest BCUT2D eigenvalue weighted by Gasteiger charge is 2.38. The van der Waals surface area contributed by atoms with Crippen LogP contribution in [0.2, 0.25) is 0 Å². The van der Waals surface area contributed by atoms with E-state index in [4.69, 9.17) is 9.47 Å². The average Bonchev–Trinajstić information content (AvgIpc) is 2.98. The summed E-state index contributed by atoms with van der Waals surface area (Å²) >= 11 is 3.51. The van der Waals surface area contributed by atoms with Crippen molar-refractivity contribution in [3.8, 4) is 0 Å². The summed E-state index contributed by atoms with van der Waals surface area (Å²) in [6.07, 6.45) is 0.986. The van der Waals surface area contributed by atoms with Gasteiger partial charge in [0, 0.05) is 23.2 Å². The van der Waals surface area contributed by atoms with Crippen molar-refractivity contribution < 1.29 is 19.1 Å². The van der Waals surface area contributed by atoms with Gasteiger partial charge in [0.2, 0.25) is 5.91 Å². The Balaban J connectivity index is 1.54. The summed E-state index contributed by atoms with van der Waals surface area (Å²) in [4.78, 5) is 24.9. The van der Waals surface area contributed by atoms with E-state index in [0.717, 1.165) is 15.6 Å². The third-order valence-electron chi connectivity index (χ3n) is 5.25. The molecule has 1 saturated heterocycles. The molecule has 2 aromatic rings. The smallest absolute Gasteiger partial charge is 0.339 e. The first-order valence-electron chi connectivity index (χ1n) is 9.02. The molecule has 0 aliphatic carbocycles. The first-order valence-corrected chi connectivity index (χ1v) is 9.81. The number of halogens is 1. The lowest BCUT2D eigenvalue weighted by atomic mass is 9.82. The summed E-state index contributed by atoms with van der Waals surface area (Å²) in [7, 11) is 0. The number of hydrogen-bond acceptors (Lipinski definition) is 4. The normalized spacial score (nSPS) is 20.6. The maximum absolute atomic E-state index is 12.9. The van der Waals surface area contributed by atoms with Gasteiger partial charge in [0.05, 0.1) is 17.5 Å². The lowest BCUT2D eigenvalue weighted by Crippen LogP contribution is -2.49. The molecule has 0 spiro atoms. The molecule has 140 valence electrons. The van der Waals surface area contributed by atoms with Crippen molar-refractivity contribution in [2.45, 2.75) is 30.9 Å². The fourth-order valence-electron chi connectivity index (χ4n) is 3.85. The van der Waals surface area contributed by atoms with Gasteiger partial charge in [0.25, 0.3) is 0 Å². The molecule has 6 heteroatoms. The summed E-state index contributed by atoms with van der Waals surface area (Å²) < 4.78 is 11.9. The van der Waals surface area contributed by atoms with Crippen molar-refractivity contribution in [3.63, 3.8) is 0 Å². The third-order valence-corrected chi connectivity index (χ3v) is 5.74. The molecule has 1 fully saturated rings. The van der Waals surface area contributed by atoms with Crippen LogP contribution in [0.5, 0.6) is 0 Å². The van der Waals surface area contributed by atoms with Gasteiger partial charge in [-0.2, -0.15) is 0 Å². The first kappa shape index (κ1) is 18.2. The van der Waals surface area contributed by atoms with E-state index < -0.39 is 11.6 Å². The topological polar surface area (TPSA) is 64.6 Å². The highest BCUT2D eigenvalue weighted by atomic mass is 79.9. The van der Waals surface area contributed by atoms with Crippen molar-refractivity contribution in [1.82, 2.24) is 5.32 Å². The number of hydrogen-bond donors (Lipinski definition) is 1. The lowest BCUT2D eigenvalue weighted by molar-refractivity contribution is -0.126. The van der Waals surface area contributed by atoms with Crippen LogP contribution in [0.15, 0.2) is 53.0 Å². The van der Waals surface area contributed by atoms with Crippen molar-refractivity contribution in [1.29, 1.82) is 0 Å². The number of fused-ring (bicyclic) bond motifs is 1. The Labute approximate surface area is 166 Å². The molecule has 1 amide bonds. The van der Waals surface area contributed by atoms with E-state index in [2.05, 4.69) is 21.2 Å². The van der Waals surface area contributed by atoms with Crippen LogP contribution < -0.4 is 5.32 Å². The van der Waals surface area contributed by atoms with Gasteiger partial charge in [0.1, 0.15) is 6.10 Å². The number of ether oxygens (including phenoxy) is 2. The van der Waals surface area contributed by atoms with E-state index in [-0.39, 0.29) is 18.3 Å². The van der Waals surface area contributed by atoms with E-state index in [1.807, 2.05) is 36.4 Å². The van der Waals surface area contributed by atoms with Gasteiger partial charge in [-0.3, -0.25) is 4.79 Å². The van der Waals surface area contributed by atoms with Gasteiger partial charge in [0.15, 0.2) is 0 Å². The molecule has 2 aliphatic rings. The van der Waals surface area contributed by atoms with Crippen molar-refractivity contribution in [2.24, 2.45) is 0 Å².